The Morgan fingerprint density at radius 1 is 0.852 bits per heavy atom. The molecule has 2 aliphatic heterocycles. The van der Waals surface area contributed by atoms with Crippen LogP contribution in [-0.4, -0.2) is 103 Å². The number of nitrogens with zero attached hydrogens (tertiary/aromatic N) is 2. The van der Waals surface area contributed by atoms with Gasteiger partial charge in [0.25, 0.3) is 5.91 Å². The maximum Gasteiger partial charge on any atom is 0.255 e. The fourth-order valence-electron chi connectivity index (χ4n) is 6.50. The van der Waals surface area contributed by atoms with E-state index in [1.54, 1.807) is 31.2 Å². The fourth-order valence-corrected chi connectivity index (χ4v) is 6.50. The normalized spacial score (nSPS) is 22.3. The Labute approximate surface area is 317 Å². The number of amides is 5. The molecule has 13 nitrogen and oxygen atoms in total. The van der Waals surface area contributed by atoms with Gasteiger partial charge in [0.15, 0.2) is 0 Å². The lowest BCUT2D eigenvalue weighted by molar-refractivity contribution is -0.141. The zero-order chi connectivity index (χ0) is 38.6. The Bertz CT molecular complexity index is 1760. The molecule has 5 rings (SSSR count). The Balaban J connectivity index is 1.42. The molecule has 0 bridgehead atoms. The van der Waals surface area contributed by atoms with Crippen molar-refractivity contribution in [1.29, 1.82) is 0 Å². The highest BCUT2D eigenvalue weighted by Crippen LogP contribution is 2.20. The fraction of sp³-hybridized carbons (Fsp3) is 0.439. The largest absolute Gasteiger partial charge is 0.491 e. The van der Waals surface area contributed by atoms with Crippen LogP contribution in [0.4, 0.5) is 0 Å². The van der Waals surface area contributed by atoms with Crippen molar-refractivity contribution in [3.8, 4) is 5.75 Å². The molecule has 5 amide bonds. The Hall–Kier alpha value is -5.27. The van der Waals surface area contributed by atoms with Crippen LogP contribution in [0.15, 0.2) is 78.9 Å². The lowest BCUT2D eigenvalue weighted by Gasteiger charge is -2.31. The molecule has 1 saturated heterocycles. The first-order valence-corrected chi connectivity index (χ1v) is 18.6. The number of carbonyl (C=O) groups excluding carboxylic acids is 5. The predicted octanol–water partition coefficient (Wildman–Crippen LogP) is 2.43. The van der Waals surface area contributed by atoms with Crippen molar-refractivity contribution in [2.24, 2.45) is 5.92 Å². The summed E-state index contributed by atoms with van der Waals surface area (Å²) in [7, 11) is 1.50. The smallest absolute Gasteiger partial charge is 0.255 e. The summed E-state index contributed by atoms with van der Waals surface area (Å²) in [5, 5.41) is 11.5. The van der Waals surface area contributed by atoms with Gasteiger partial charge in [0, 0.05) is 39.6 Å². The van der Waals surface area contributed by atoms with Crippen LogP contribution in [0.1, 0.15) is 54.2 Å². The highest BCUT2D eigenvalue weighted by Gasteiger charge is 2.35. The van der Waals surface area contributed by atoms with Gasteiger partial charge in [-0.2, -0.15) is 0 Å². The number of rotatable bonds is 8. The number of hydrogen-bond donors (Lipinski definition) is 4. The minimum absolute atomic E-state index is 0.0289. The van der Waals surface area contributed by atoms with Gasteiger partial charge in [-0.05, 0) is 41.7 Å². The number of fused-ring (bicyclic) bond motifs is 1. The highest BCUT2D eigenvalue weighted by molar-refractivity contribution is 6.01. The molecule has 13 heteroatoms. The number of benzene rings is 3. The number of ether oxygens (including phenoxy) is 2. The Kier molecular flexibility index (Phi) is 14.2. The number of hydrogen-bond acceptors (Lipinski definition) is 8. The summed E-state index contributed by atoms with van der Waals surface area (Å²) in [4.78, 5) is 73.0. The third-order valence-corrected chi connectivity index (χ3v) is 9.66. The van der Waals surface area contributed by atoms with Crippen molar-refractivity contribution < 1.29 is 33.4 Å². The van der Waals surface area contributed by atoms with Gasteiger partial charge in [0.2, 0.25) is 23.6 Å². The van der Waals surface area contributed by atoms with Crippen molar-refractivity contribution in [1.82, 2.24) is 31.1 Å². The van der Waals surface area contributed by atoms with E-state index in [0.717, 1.165) is 36.3 Å². The second kappa shape index (κ2) is 19.2. The molecule has 0 radical (unpaired) electrons. The van der Waals surface area contributed by atoms with Gasteiger partial charge in [0.05, 0.1) is 31.2 Å². The van der Waals surface area contributed by atoms with Gasteiger partial charge in [-0.1, -0.05) is 80.6 Å². The first-order chi connectivity index (χ1) is 26.0. The van der Waals surface area contributed by atoms with Crippen molar-refractivity contribution in [2.45, 2.75) is 70.9 Å². The molecule has 3 aromatic rings. The van der Waals surface area contributed by atoms with E-state index >= 15 is 0 Å². The molecule has 0 aromatic heterocycles. The van der Waals surface area contributed by atoms with Gasteiger partial charge in [-0.3, -0.25) is 28.9 Å². The highest BCUT2D eigenvalue weighted by atomic mass is 16.5. The van der Waals surface area contributed by atoms with Gasteiger partial charge in [0.1, 0.15) is 30.5 Å². The van der Waals surface area contributed by atoms with E-state index in [1.807, 2.05) is 68.4 Å². The van der Waals surface area contributed by atoms with E-state index in [2.05, 4.69) is 26.2 Å². The lowest BCUT2D eigenvalue weighted by atomic mass is 9.99. The zero-order valence-electron chi connectivity index (χ0n) is 31.5. The summed E-state index contributed by atoms with van der Waals surface area (Å²) >= 11 is 0. The predicted molar refractivity (Wildman–Crippen MR) is 203 cm³/mol. The monoisotopic (exact) mass is 740 g/mol. The molecule has 0 saturated carbocycles. The average molecular weight is 741 g/mol. The third-order valence-electron chi connectivity index (χ3n) is 9.66. The van der Waals surface area contributed by atoms with Crippen LogP contribution in [0, 0.1) is 5.92 Å². The number of para-hydroxylation sites is 1. The van der Waals surface area contributed by atoms with Gasteiger partial charge < -0.3 is 35.6 Å². The molecule has 4 N–H and O–H groups in total. The van der Waals surface area contributed by atoms with Crippen LogP contribution in [0.25, 0.3) is 0 Å². The first kappa shape index (κ1) is 39.9. The van der Waals surface area contributed by atoms with Crippen LogP contribution in [0.2, 0.25) is 0 Å². The zero-order valence-corrected chi connectivity index (χ0v) is 31.5. The van der Waals surface area contributed by atoms with Crippen LogP contribution in [0.5, 0.6) is 5.75 Å². The van der Waals surface area contributed by atoms with Crippen molar-refractivity contribution >= 4 is 29.5 Å². The minimum Gasteiger partial charge on any atom is -0.491 e. The minimum atomic E-state index is -1.29. The Morgan fingerprint density at radius 3 is 2.28 bits per heavy atom. The lowest BCUT2D eigenvalue weighted by Crippen LogP contribution is -2.58. The molecule has 1 fully saturated rings. The molecule has 288 valence electrons. The summed E-state index contributed by atoms with van der Waals surface area (Å²) in [6, 6.07) is 20.0. The summed E-state index contributed by atoms with van der Waals surface area (Å²) in [5.74, 6) is -2.69. The molecule has 4 atom stereocenters. The van der Waals surface area contributed by atoms with E-state index in [-0.39, 0.29) is 36.8 Å². The van der Waals surface area contributed by atoms with Crippen molar-refractivity contribution in [2.75, 3.05) is 40.0 Å². The molecule has 0 spiro atoms. The topological polar surface area (TPSA) is 158 Å². The Morgan fingerprint density at radius 2 is 1.54 bits per heavy atom. The van der Waals surface area contributed by atoms with Crippen LogP contribution >= 0.6 is 0 Å². The SMILES string of the molecule is CC(C)[C@H]1NC(=O)[C@H](Cc2ccccc2)N(C)C(=O)C[C@@H](C(=O)NCc2cccc(CN3CCOCC3)c2)NC(=O)c2ccccc2OC[C@H](C)NC1=O. The molecular formula is C41H52N6O7. The van der Waals surface area contributed by atoms with Crippen molar-refractivity contribution in [3.63, 3.8) is 0 Å². The molecule has 0 unspecified atom stereocenters. The first-order valence-electron chi connectivity index (χ1n) is 18.6. The number of morpholine rings is 1. The molecule has 0 aliphatic carbocycles. The van der Waals surface area contributed by atoms with E-state index in [0.29, 0.717) is 13.2 Å². The number of likely N-dealkylation sites (N-methyl/N-ethyl adjacent to an activating group) is 1. The second-order valence-electron chi connectivity index (χ2n) is 14.3. The van der Waals surface area contributed by atoms with Gasteiger partial charge in [-0.25, -0.2) is 0 Å². The summed E-state index contributed by atoms with van der Waals surface area (Å²) in [5.41, 5.74) is 2.92. The molecular weight excluding hydrogens is 688 g/mol. The van der Waals surface area contributed by atoms with Crippen LogP contribution in [0.3, 0.4) is 0 Å². The van der Waals surface area contributed by atoms with E-state index in [1.165, 1.54) is 11.9 Å². The van der Waals surface area contributed by atoms with Crippen LogP contribution < -0.4 is 26.0 Å². The number of nitrogens with one attached hydrogen (secondary N) is 4. The van der Waals surface area contributed by atoms with Gasteiger partial charge in [-0.15, -0.1) is 0 Å². The maximum absolute atomic E-state index is 14.1. The van der Waals surface area contributed by atoms with Gasteiger partial charge >= 0.3 is 0 Å². The van der Waals surface area contributed by atoms with Crippen LogP contribution in [-0.2, 0) is 43.4 Å². The van der Waals surface area contributed by atoms with Crippen molar-refractivity contribution in [3.05, 3.63) is 101 Å². The maximum atomic E-state index is 14.1. The van der Waals surface area contributed by atoms with E-state index in [4.69, 9.17) is 9.47 Å². The molecule has 54 heavy (non-hydrogen) atoms. The summed E-state index contributed by atoms with van der Waals surface area (Å²) < 4.78 is 11.5. The third kappa shape index (κ3) is 11.1. The molecule has 3 aromatic carbocycles. The second-order valence-corrected chi connectivity index (χ2v) is 14.3. The molecule has 2 heterocycles. The summed E-state index contributed by atoms with van der Waals surface area (Å²) in [6.07, 6.45) is -0.277. The summed E-state index contributed by atoms with van der Waals surface area (Å²) in [6.45, 7) is 9.44. The van der Waals surface area contributed by atoms with E-state index in [9.17, 15) is 24.0 Å². The molecule has 2 aliphatic rings. The quantitative estimate of drug-likeness (QED) is 0.274. The average Bonchev–Trinajstić information content (AvgIpc) is 3.17. The van der Waals surface area contributed by atoms with E-state index < -0.39 is 60.1 Å². The number of carbonyl (C=O) groups is 5. The standard InChI is InChI=1S/C41H52N6O7/c1-27(2)37-41(52)43-28(3)26-54-35-16-9-8-15-32(35)38(49)44-33(23-36(48)46(4)34(40(51)45-37)22-29-11-6-5-7-12-29)39(50)42-24-30-13-10-14-31(21-30)25-47-17-19-53-20-18-47/h5-16,21,27-28,33-34,37H,17-20,22-26H2,1-4H3,(H,42,50)(H,43,52)(H,44,49)(H,45,51)/t28-,33-,34-,37+/m0/s1.